The number of anilines is 1. The number of hydrogen-bond donors (Lipinski definition) is 3. The maximum Gasteiger partial charge on any atom is 0.215 e. The first-order valence-electron chi connectivity index (χ1n) is 7.43. The topological polar surface area (TPSA) is 92.4 Å². The van der Waals surface area contributed by atoms with E-state index >= 15 is 0 Å². The van der Waals surface area contributed by atoms with Crippen molar-refractivity contribution in [2.75, 3.05) is 12.3 Å². The van der Waals surface area contributed by atoms with Crippen LogP contribution in [0.1, 0.15) is 44.1 Å². The number of nitrogen functional groups attached to an aromatic ring is 1. The second kappa shape index (κ2) is 6.77. The predicted octanol–water partition coefficient (Wildman–Crippen LogP) is 1.77. The van der Waals surface area contributed by atoms with Gasteiger partial charge in [0.05, 0.1) is 11.4 Å². The van der Waals surface area contributed by atoms with Gasteiger partial charge in [0.15, 0.2) is 0 Å². The van der Waals surface area contributed by atoms with Gasteiger partial charge in [-0.25, -0.2) is 13.1 Å². The lowest BCUT2D eigenvalue weighted by Crippen LogP contribution is -2.42. The molecule has 118 valence electrons. The molecule has 1 aromatic carbocycles. The summed E-state index contributed by atoms with van der Waals surface area (Å²) in [5.41, 5.74) is 5.98. The molecule has 0 atom stereocenters. The minimum Gasteiger partial charge on any atom is -0.399 e. The van der Waals surface area contributed by atoms with Gasteiger partial charge in [0.25, 0.3) is 0 Å². The zero-order chi connectivity index (χ0) is 15.3. The first-order valence-corrected chi connectivity index (χ1v) is 9.08. The van der Waals surface area contributed by atoms with Gasteiger partial charge in [-0.2, -0.15) is 0 Å². The van der Waals surface area contributed by atoms with Crippen molar-refractivity contribution in [1.82, 2.24) is 4.72 Å². The molecule has 0 aliphatic heterocycles. The van der Waals surface area contributed by atoms with Gasteiger partial charge in [0.2, 0.25) is 10.0 Å². The molecule has 21 heavy (non-hydrogen) atoms. The highest BCUT2D eigenvalue weighted by molar-refractivity contribution is 7.88. The van der Waals surface area contributed by atoms with Crippen molar-refractivity contribution in [2.45, 2.75) is 49.9 Å². The van der Waals surface area contributed by atoms with Crippen LogP contribution >= 0.6 is 0 Å². The molecule has 0 saturated heterocycles. The van der Waals surface area contributed by atoms with Crippen molar-refractivity contribution >= 4 is 15.7 Å². The number of rotatable bonds is 5. The molecule has 6 heteroatoms. The Balaban J connectivity index is 1.92. The van der Waals surface area contributed by atoms with Crippen LogP contribution in [0.5, 0.6) is 0 Å². The average molecular weight is 312 g/mol. The van der Waals surface area contributed by atoms with Gasteiger partial charge in [-0.15, -0.1) is 0 Å². The van der Waals surface area contributed by atoms with Crippen LogP contribution < -0.4 is 10.5 Å². The summed E-state index contributed by atoms with van der Waals surface area (Å²) in [6.45, 7) is 0.101. The van der Waals surface area contributed by atoms with E-state index in [1.54, 1.807) is 24.3 Å². The van der Waals surface area contributed by atoms with E-state index in [4.69, 9.17) is 5.73 Å². The Morgan fingerprint density at radius 2 is 1.67 bits per heavy atom. The molecule has 0 bridgehead atoms. The van der Waals surface area contributed by atoms with Crippen LogP contribution in [0.25, 0.3) is 0 Å². The fraction of sp³-hybridized carbons (Fsp3) is 0.600. The van der Waals surface area contributed by atoms with E-state index in [2.05, 4.69) is 4.72 Å². The molecule has 0 radical (unpaired) electrons. The van der Waals surface area contributed by atoms with Crippen LogP contribution in [0.3, 0.4) is 0 Å². The molecule has 0 amide bonds. The van der Waals surface area contributed by atoms with Crippen molar-refractivity contribution in [3.63, 3.8) is 0 Å². The SMILES string of the molecule is Nc1ccc(CS(=O)(=O)NCC2(O)CCCCCC2)cc1. The van der Waals surface area contributed by atoms with Crippen LogP contribution in [0.2, 0.25) is 0 Å². The molecular weight excluding hydrogens is 288 g/mol. The first-order chi connectivity index (χ1) is 9.89. The quantitative estimate of drug-likeness (QED) is 0.571. The van der Waals surface area contributed by atoms with Crippen LogP contribution in [0.15, 0.2) is 24.3 Å². The van der Waals surface area contributed by atoms with Gasteiger partial charge >= 0.3 is 0 Å². The summed E-state index contributed by atoms with van der Waals surface area (Å²) in [6, 6.07) is 6.78. The Bertz CT molecular complexity index is 547. The maximum atomic E-state index is 12.1. The normalized spacial score (nSPS) is 19.1. The smallest absolute Gasteiger partial charge is 0.215 e. The standard InChI is InChI=1S/C15H24N2O3S/c16-14-7-5-13(6-8-14)11-21(19,20)17-12-15(18)9-3-1-2-4-10-15/h5-8,17-18H,1-4,9-12,16H2. The molecule has 1 aliphatic rings. The zero-order valence-corrected chi connectivity index (χ0v) is 13.0. The van der Waals surface area contributed by atoms with Gasteiger partial charge in [-0.3, -0.25) is 0 Å². The van der Waals surface area contributed by atoms with E-state index in [0.29, 0.717) is 24.1 Å². The summed E-state index contributed by atoms with van der Waals surface area (Å²) in [4.78, 5) is 0. The lowest BCUT2D eigenvalue weighted by Gasteiger charge is -2.26. The maximum absolute atomic E-state index is 12.1. The number of hydrogen-bond acceptors (Lipinski definition) is 4. The number of sulfonamides is 1. The fourth-order valence-corrected chi connectivity index (χ4v) is 3.91. The van der Waals surface area contributed by atoms with Crippen molar-refractivity contribution < 1.29 is 13.5 Å². The van der Waals surface area contributed by atoms with Crippen molar-refractivity contribution in [3.8, 4) is 0 Å². The fourth-order valence-electron chi connectivity index (χ4n) is 2.69. The van der Waals surface area contributed by atoms with Crippen molar-refractivity contribution in [1.29, 1.82) is 0 Å². The predicted molar refractivity (Wildman–Crippen MR) is 84.1 cm³/mol. The second-order valence-electron chi connectivity index (χ2n) is 5.96. The Morgan fingerprint density at radius 1 is 1.10 bits per heavy atom. The summed E-state index contributed by atoms with van der Waals surface area (Å²) in [7, 11) is -3.45. The highest BCUT2D eigenvalue weighted by Gasteiger charge is 2.29. The number of benzene rings is 1. The van der Waals surface area contributed by atoms with Gasteiger partial charge in [-0.05, 0) is 30.5 Å². The molecule has 1 saturated carbocycles. The molecule has 5 nitrogen and oxygen atoms in total. The van der Waals surface area contributed by atoms with Crippen LogP contribution in [-0.2, 0) is 15.8 Å². The molecule has 1 aliphatic carbocycles. The minimum absolute atomic E-state index is 0.0939. The molecule has 4 N–H and O–H groups in total. The molecular formula is C15H24N2O3S. The summed E-state index contributed by atoms with van der Waals surface area (Å²) >= 11 is 0. The van der Waals surface area contributed by atoms with Crippen molar-refractivity contribution in [2.24, 2.45) is 0 Å². The summed E-state index contributed by atoms with van der Waals surface area (Å²) in [6.07, 6.45) is 5.46. The lowest BCUT2D eigenvalue weighted by molar-refractivity contribution is 0.0303. The third-order valence-corrected chi connectivity index (χ3v) is 5.29. The van der Waals surface area contributed by atoms with E-state index in [0.717, 1.165) is 25.7 Å². The largest absolute Gasteiger partial charge is 0.399 e. The van der Waals surface area contributed by atoms with E-state index in [9.17, 15) is 13.5 Å². The van der Waals surface area contributed by atoms with Gasteiger partial charge in [-0.1, -0.05) is 37.8 Å². The molecule has 0 unspecified atom stereocenters. The number of nitrogens with one attached hydrogen (secondary N) is 1. The van der Waals surface area contributed by atoms with Gasteiger partial charge < -0.3 is 10.8 Å². The van der Waals surface area contributed by atoms with E-state index in [-0.39, 0.29) is 12.3 Å². The van der Waals surface area contributed by atoms with Crippen LogP contribution in [0.4, 0.5) is 5.69 Å². The zero-order valence-electron chi connectivity index (χ0n) is 12.2. The highest BCUT2D eigenvalue weighted by Crippen LogP contribution is 2.26. The Labute approximate surface area is 126 Å². The molecule has 1 aromatic rings. The Morgan fingerprint density at radius 3 is 2.24 bits per heavy atom. The van der Waals surface area contributed by atoms with Crippen molar-refractivity contribution in [3.05, 3.63) is 29.8 Å². The number of nitrogens with two attached hydrogens (primary N) is 1. The lowest BCUT2D eigenvalue weighted by atomic mass is 9.95. The van der Waals surface area contributed by atoms with Crippen LogP contribution in [0, 0.1) is 0 Å². The summed E-state index contributed by atoms with van der Waals surface area (Å²) < 4.78 is 26.8. The monoisotopic (exact) mass is 312 g/mol. The summed E-state index contributed by atoms with van der Waals surface area (Å²) in [5, 5.41) is 10.5. The average Bonchev–Trinajstić information content (AvgIpc) is 2.65. The second-order valence-corrected chi connectivity index (χ2v) is 7.77. The van der Waals surface area contributed by atoms with E-state index < -0.39 is 15.6 Å². The van der Waals surface area contributed by atoms with E-state index in [1.807, 2.05) is 0 Å². The van der Waals surface area contributed by atoms with Gasteiger partial charge in [0.1, 0.15) is 0 Å². The minimum atomic E-state index is -3.45. The first kappa shape index (κ1) is 16.3. The molecule has 0 aromatic heterocycles. The number of aliphatic hydroxyl groups is 1. The van der Waals surface area contributed by atoms with Gasteiger partial charge in [0, 0.05) is 12.2 Å². The highest BCUT2D eigenvalue weighted by atomic mass is 32.2. The Kier molecular flexibility index (Phi) is 5.24. The molecule has 0 spiro atoms. The van der Waals surface area contributed by atoms with E-state index in [1.165, 1.54) is 0 Å². The summed E-state index contributed by atoms with van der Waals surface area (Å²) in [5.74, 6) is -0.0939. The Hall–Kier alpha value is -1.11. The molecule has 1 fully saturated rings. The third-order valence-electron chi connectivity index (χ3n) is 3.99. The molecule has 2 rings (SSSR count). The van der Waals surface area contributed by atoms with Crippen LogP contribution in [-0.4, -0.2) is 25.7 Å². The third kappa shape index (κ3) is 5.30. The molecule has 0 heterocycles.